The van der Waals surface area contributed by atoms with E-state index in [2.05, 4.69) is 10.3 Å². The van der Waals surface area contributed by atoms with E-state index < -0.39 is 5.13 Å². The summed E-state index contributed by atoms with van der Waals surface area (Å²) >= 11 is 6.67. The van der Waals surface area contributed by atoms with Crippen molar-refractivity contribution in [2.24, 2.45) is 5.92 Å². The maximum atomic E-state index is 12.9. The maximum absolute atomic E-state index is 12.9. The molecule has 1 aromatic heterocycles. The normalized spacial score (nSPS) is 12.4. The van der Waals surface area contributed by atoms with Gasteiger partial charge in [0.05, 0.1) is 12.1 Å². The number of nitrogens with zero attached hydrogens (tertiary/aromatic N) is 1. The maximum Gasteiger partial charge on any atom is 0.233 e. The Morgan fingerprint density at radius 1 is 1.35 bits per heavy atom. The summed E-state index contributed by atoms with van der Waals surface area (Å²) in [6, 6.07) is 7.16. The van der Waals surface area contributed by atoms with Crippen LogP contribution < -0.4 is 5.32 Å². The van der Waals surface area contributed by atoms with Gasteiger partial charge in [0.15, 0.2) is 10.3 Å². The number of carbonyl (C=O) groups is 1. The van der Waals surface area contributed by atoms with Crippen LogP contribution in [0.4, 0.5) is 9.52 Å². The van der Waals surface area contributed by atoms with Crippen molar-refractivity contribution < 1.29 is 9.18 Å². The second-order valence-electron chi connectivity index (χ2n) is 4.73. The minimum absolute atomic E-state index is 0.0981. The SMILES string of the molecule is CC(C)C(C(=O)Nc1ncc(F)s1)c1ccc(Cl)cc1. The summed E-state index contributed by atoms with van der Waals surface area (Å²) in [5.41, 5.74) is 0.874. The Hall–Kier alpha value is -1.46. The zero-order valence-electron chi connectivity index (χ0n) is 11.1. The molecule has 0 spiro atoms. The number of halogens is 2. The Balaban J connectivity index is 2.20. The lowest BCUT2D eigenvalue weighted by Gasteiger charge is -2.20. The average Bonchev–Trinajstić information content (AvgIpc) is 2.77. The largest absolute Gasteiger partial charge is 0.301 e. The van der Waals surface area contributed by atoms with E-state index in [-0.39, 0.29) is 22.9 Å². The van der Waals surface area contributed by atoms with Crippen LogP contribution in [0.15, 0.2) is 30.5 Å². The first-order valence-electron chi connectivity index (χ1n) is 6.15. The summed E-state index contributed by atoms with van der Waals surface area (Å²) in [4.78, 5) is 16.1. The Labute approximate surface area is 125 Å². The molecule has 1 unspecified atom stereocenters. The summed E-state index contributed by atoms with van der Waals surface area (Å²) < 4.78 is 12.9. The van der Waals surface area contributed by atoms with Gasteiger partial charge in [0.2, 0.25) is 5.91 Å². The number of thiazole rings is 1. The fourth-order valence-corrected chi connectivity index (χ4v) is 2.68. The van der Waals surface area contributed by atoms with Gasteiger partial charge in [-0.25, -0.2) is 4.98 Å². The minimum Gasteiger partial charge on any atom is -0.301 e. The second kappa shape index (κ2) is 6.33. The van der Waals surface area contributed by atoms with Crippen LogP contribution in [-0.4, -0.2) is 10.9 Å². The lowest BCUT2D eigenvalue weighted by molar-refractivity contribution is -0.118. The molecule has 1 heterocycles. The molecular weight excluding hydrogens is 299 g/mol. The molecule has 106 valence electrons. The molecular formula is C14H14ClFN2OS. The van der Waals surface area contributed by atoms with Gasteiger partial charge < -0.3 is 5.32 Å². The molecule has 1 amide bonds. The van der Waals surface area contributed by atoms with E-state index in [0.29, 0.717) is 5.02 Å². The molecule has 0 bridgehead atoms. The van der Waals surface area contributed by atoms with Crippen LogP contribution in [0.3, 0.4) is 0 Å². The lowest BCUT2D eigenvalue weighted by Crippen LogP contribution is -2.25. The van der Waals surface area contributed by atoms with Crippen molar-refractivity contribution in [3.8, 4) is 0 Å². The van der Waals surface area contributed by atoms with E-state index in [9.17, 15) is 9.18 Å². The number of nitrogens with one attached hydrogen (secondary N) is 1. The fourth-order valence-electron chi connectivity index (χ4n) is 2.00. The number of hydrogen-bond donors (Lipinski definition) is 1. The van der Waals surface area contributed by atoms with Crippen LogP contribution >= 0.6 is 22.9 Å². The zero-order valence-corrected chi connectivity index (χ0v) is 12.6. The number of anilines is 1. The molecule has 0 aliphatic carbocycles. The fraction of sp³-hybridized carbons (Fsp3) is 0.286. The summed E-state index contributed by atoms with van der Waals surface area (Å²) in [5, 5.41) is 3.12. The van der Waals surface area contributed by atoms with Crippen molar-refractivity contribution in [2.45, 2.75) is 19.8 Å². The minimum atomic E-state index is -0.423. The van der Waals surface area contributed by atoms with E-state index in [1.54, 1.807) is 12.1 Å². The predicted molar refractivity (Wildman–Crippen MR) is 79.7 cm³/mol. The molecule has 0 saturated heterocycles. The van der Waals surface area contributed by atoms with Gasteiger partial charge in [0.25, 0.3) is 0 Å². The van der Waals surface area contributed by atoms with Gasteiger partial charge >= 0.3 is 0 Å². The highest BCUT2D eigenvalue weighted by Gasteiger charge is 2.25. The third-order valence-corrected chi connectivity index (χ3v) is 3.84. The quantitative estimate of drug-likeness (QED) is 0.914. The molecule has 2 rings (SSSR count). The van der Waals surface area contributed by atoms with Crippen LogP contribution in [0.1, 0.15) is 25.3 Å². The summed E-state index contributed by atoms with van der Waals surface area (Å²) in [6.07, 6.45) is 1.09. The third-order valence-electron chi connectivity index (χ3n) is 2.89. The molecule has 0 aliphatic heterocycles. The number of benzene rings is 1. The number of aromatic nitrogens is 1. The van der Waals surface area contributed by atoms with Crippen LogP contribution in [0.5, 0.6) is 0 Å². The van der Waals surface area contributed by atoms with Crippen LogP contribution in [0.2, 0.25) is 5.02 Å². The van der Waals surface area contributed by atoms with E-state index in [1.165, 1.54) is 0 Å². The number of amides is 1. The molecule has 0 radical (unpaired) electrons. The molecule has 3 nitrogen and oxygen atoms in total. The first kappa shape index (κ1) is 14.9. The molecule has 1 N–H and O–H groups in total. The highest BCUT2D eigenvalue weighted by atomic mass is 35.5. The van der Waals surface area contributed by atoms with Crippen LogP contribution in [0.25, 0.3) is 0 Å². The predicted octanol–water partition coefficient (Wildman–Crippen LogP) is 4.31. The van der Waals surface area contributed by atoms with E-state index in [4.69, 9.17) is 11.6 Å². The van der Waals surface area contributed by atoms with Crippen LogP contribution in [-0.2, 0) is 4.79 Å². The van der Waals surface area contributed by atoms with Crippen molar-refractivity contribution in [3.63, 3.8) is 0 Å². The monoisotopic (exact) mass is 312 g/mol. The van der Waals surface area contributed by atoms with Gasteiger partial charge in [-0.3, -0.25) is 4.79 Å². The molecule has 1 atom stereocenters. The smallest absolute Gasteiger partial charge is 0.233 e. The Morgan fingerprint density at radius 3 is 2.50 bits per heavy atom. The highest BCUT2D eigenvalue weighted by molar-refractivity contribution is 7.14. The molecule has 20 heavy (non-hydrogen) atoms. The standard InChI is InChI=1S/C14H14ClFN2OS/c1-8(2)12(9-3-5-10(15)6-4-9)13(19)18-14-17-7-11(16)20-14/h3-8,12H,1-2H3,(H,17,18,19). The zero-order chi connectivity index (χ0) is 14.7. The van der Waals surface area contributed by atoms with Crippen molar-refractivity contribution >= 4 is 34.0 Å². The topological polar surface area (TPSA) is 42.0 Å². The summed E-state index contributed by atoms with van der Waals surface area (Å²) in [7, 11) is 0. The van der Waals surface area contributed by atoms with E-state index in [0.717, 1.165) is 23.1 Å². The van der Waals surface area contributed by atoms with Crippen molar-refractivity contribution in [3.05, 3.63) is 46.2 Å². The summed E-state index contributed by atoms with van der Waals surface area (Å²) in [5.74, 6) is -0.433. The van der Waals surface area contributed by atoms with Gasteiger partial charge in [-0.15, -0.1) is 0 Å². The Bertz CT molecular complexity index is 597. The van der Waals surface area contributed by atoms with Crippen molar-refractivity contribution in [1.29, 1.82) is 0 Å². The van der Waals surface area contributed by atoms with Gasteiger partial charge in [-0.05, 0) is 23.6 Å². The van der Waals surface area contributed by atoms with Gasteiger partial charge in [0, 0.05) is 5.02 Å². The van der Waals surface area contributed by atoms with E-state index >= 15 is 0 Å². The van der Waals surface area contributed by atoms with Gasteiger partial charge in [0.1, 0.15) is 0 Å². The lowest BCUT2D eigenvalue weighted by atomic mass is 9.88. The molecule has 2 aromatic rings. The summed E-state index contributed by atoms with van der Waals surface area (Å²) in [6.45, 7) is 3.92. The van der Waals surface area contributed by atoms with Crippen molar-refractivity contribution in [2.75, 3.05) is 5.32 Å². The van der Waals surface area contributed by atoms with Crippen molar-refractivity contribution in [1.82, 2.24) is 4.98 Å². The van der Waals surface area contributed by atoms with Gasteiger partial charge in [-0.1, -0.05) is 48.9 Å². The molecule has 0 aliphatic rings. The first-order valence-corrected chi connectivity index (χ1v) is 7.34. The van der Waals surface area contributed by atoms with Gasteiger partial charge in [-0.2, -0.15) is 4.39 Å². The highest BCUT2D eigenvalue weighted by Crippen LogP contribution is 2.28. The van der Waals surface area contributed by atoms with E-state index in [1.807, 2.05) is 26.0 Å². The number of hydrogen-bond acceptors (Lipinski definition) is 3. The number of carbonyl (C=O) groups excluding carboxylic acids is 1. The second-order valence-corrected chi connectivity index (χ2v) is 6.15. The molecule has 6 heteroatoms. The Kier molecular flexibility index (Phi) is 4.73. The first-order chi connectivity index (χ1) is 9.47. The molecule has 0 saturated carbocycles. The molecule has 0 fully saturated rings. The third kappa shape index (κ3) is 3.55. The number of rotatable bonds is 4. The average molecular weight is 313 g/mol. The Morgan fingerprint density at radius 2 is 2.00 bits per heavy atom. The molecule has 1 aromatic carbocycles. The van der Waals surface area contributed by atoms with Crippen LogP contribution in [0, 0.1) is 11.0 Å².